The van der Waals surface area contributed by atoms with E-state index in [2.05, 4.69) is 0 Å². The summed E-state index contributed by atoms with van der Waals surface area (Å²) in [7, 11) is 0. The zero-order valence-electron chi connectivity index (χ0n) is 30.8. The quantitative estimate of drug-likeness (QED) is 0.0673. The van der Waals surface area contributed by atoms with Crippen LogP contribution >= 0.6 is 0 Å². The van der Waals surface area contributed by atoms with Gasteiger partial charge in [0.1, 0.15) is 13.2 Å². The summed E-state index contributed by atoms with van der Waals surface area (Å²) >= 11 is 0. The third-order valence-electron chi connectivity index (χ3n) is 10.1. The van der Waals surface area contributed by atoms with E-state index in [1.54, 1.807) is 6.08 Å². The van der Waals surface area contributed by atoms with Crippen molar-refractivity contribution in [3.05, 3.63) is 226 Å². The van der Waals surface area contributed by atoms with Crippen LogP contribution in [0.15, 0.2) is 188 Å². The molecule has 0 N–H and O–H groups in total. The maximum atomic E-state index is 15.5. The molecule has 0 fully saturated rings. The van der Waals surface area contributed by atoms with E-state index in [-0.39, 0.29) is 26.4 Å². The Bertz CT molecular complexity index is 2470. The second kappa shape index (κ2) is 16.4. The van der Waals surface area contributed by atoms with Gasteiger partial charge in [-0.15, -0.1) is 0 Å². The van der Waals surface area contributed by atoms with Crippen LogP contribution in [0.25, 0.3) is 22.4 Å². The molecular formula is C50H40O6. The molecule has 0 bridgehead atoms. The van der Waals surface area contributed by atoms with Crippen LogP contribution in [0.5, 0.6) is 0 Å². The highest BCUT2D eigenvalue weighted by Gasteiger charge is 2.68. The topological polar surface area (TPSA) is 71.1 Å². The predicted molar refractivity (Wildman–Crippen MR) is 217 cm³/mol. The molecule has 56 heavy (non-hydrogen) atoms. The fraction of sp³-hybridized carbons (Fsp3) is 0.120. The van der Waals surface area contributed by atoms with Crippen molar-refractivity contribution in [1.82, 2.24) is 0 Å². The van der Waals surface area contributed by atoms with Crippen LogP contribution in [0.4, 0.5) is 0 Å². The molecule has 6 heteroatoms. The summed E-state index contributed by atoms with van der Waals surface area (Å²) in [5.41, 5.74) is 2.06. The van der Waals surface area contributed by atoms with Crippen LogP contribution in [0, 0.1) is 5.41 Å². The van der Waals surface area contributed by atoms with E-state index in [9.17, 15) is 0 Å². The van der Waals surface area contributed by atoms with Gasteiger partial charge in [-0.1, -0.05) is 188 Å². The Hall–Kier alpha value is -6.60. The molecule has 0 spiro atoms. The maximum Gasteiger partial charge on any atom is 0.333 e. The molecule has 276 valence electrons. The molecular weight excluding hydrogens is 697 g/mol. The van der Waals surface area contributed by atoms with Gasteiger partial charge in [0.25, 0.3) is 0 Å². The SMILES string of the molecule is O=C(OCc1ccccc1)C1(C(=O)OCc2ccccc2)C=c2ccccc2=C(c2cccc3ccccc23)C1(OCc1ccccc1)OCc1ccccc1. The summed E-state index contributed by atoms with van der Waals surface area (Å²) in [5, 5.41) is 3.23. The van der Waals surface area contributed by atoms with Gasteiger partial charge in [0.15, 0.2) is 0 Å². The molecule has 6 nitrogen and oxygen atoms in total. The third-order valence-corrected chi connectivity index (χ3v) is 10.1. The Balaban J connectivity index is 1.43. The molecule has 1 aliphatic rings. The Labute approximate surface area is 325 Å². The molecule has 0 saturated heterocycles. The molecule has 0 radical (unpaired) electrons. The van der Waals surface area contributed by atoms with E-state index in [1.807, 2.05) is 188 Å². The number of ether oxygens (including phenoxy) is 4. The summed E-state index contributed by atoms with van der Waals surface area (Å²) in [6.07, 6.45) is 1.63. The van der Waals surface area contributed by atoms with Gasteiger partial charge in [-0.05, 0) is 55.1 Å². The molecule has 7 aromatic rings. The Morgan fingerprint density at radius 2 is 0.857 bits per heavy atom. The van der Waals surface area contributed by atoms with E-state index in [0.717, 1.165) is 43.8 Å². The van der Waals surface area contributed by atoms with Crippen molar-refractivity contribution in [3.63, 3.8) is 0 Å². The molecule has 0 saturated carbocycles. The molecule has 0 aliphatic heterocycles. The molecule has 0 aromatic heterocycles. The average molecular weight is 737 g/mol. The lowest BCUT2D eigenvalue weighted by Crippen LogP contribution is -2.65. The van der Waals surface area contributed by atoms with Crippen molar-refractivity contribution in [2.75, 3.05) is 0 Å². The molecule has 0 amide bonds. The summed E-state index contributed by atoms with van der Waals surface area (Å²) in [6.45, 7) is -0.223. The number of esters is 2. The van der Waals surface area contributed by atoms with Crippen molar-refractivity contribution < 1.29 is 28.5 Å². The Morgan fingerprint density at radius 1 is 0.429 bits per heavy atom. The smallest absolute Gasteiger partial charge is 0.333 e. The molecule has 0 unspecified atom stereocenters. The van der Waals surface area contributed by atoms with Gasteiger partial charge in [-0.3, -0.25) is 9.59 Å². The number of hydrogen-bond donors (Lipinski definition) is 0. The number of carbonyl (C=O) groups is 2. The summed E-state index contributed by atoms with van der Waals surface area (Å²) in [6, 6.07) is 59.7. The van der Waals surface area contributed by atoms with Gasteiger partial charge >= 0.3 is 11.9 Å². The summed E-state index contributed by atoms with van der Waals surface area (Å²) in [5.74, 6) is -3.88. The molecule has 0 heterocycles. The van der Waals surface area contributed by atoms with E-state index >= 15 is 9.59 Å². The second-order valence-corrected chi connectivity index (χ2v) is 13.7. The molecule has 8 rings (SSSR count). The fourth-order valence-electron chi connectivity index (χ4n) is 7.39. The van der Waals surface area contributed by atoms with Gasteiger partial charge in [0, 0.05) is 5.57 Å². The molecule has 1 aliphatic carbocycles. The first-order valence-corrected chi connectivity index (χ1v) is 18.7. The van der Waals surface area contributed by atoms with Crippen molar-refractivity contribution in [2.45, 2.75) is 32.2 Å². The van der Waals surface area contributed by atoms with Crippen LogP contribution in [0.1, 0.15) is 27.8 Å². The van der Waals surface area contributed by atoms with E-state index in [4.69, 9.17) is 18.9 Å². The lowest BCUT2D eigenvalue weighted by atomic mass is 9.68. The lowest BCUT2D eigenvalue weighted by Gasteiger charge is -2.47. The largest absolute Gasteiger partial charge is 0.460 e. The van der Waals surface area contributed by atoms with Gasteiger partial charge in [-0.2, -0.15) is 0 Å². The van der Waals surface area contributed by atoms with Gasteiger partial charge < -0.3 is 18.9 Å². The highest BCUT2D eigenvalue weighted by atomic mass is 16.7. The van der Waals surface area contributed by atoms with Gasteiger partial charge in [-0.25, -0.2) is 0 Å². The van der Waals surface area contributed by atoms with Crippen molar-refractivity contribution in [3.8, 4) is 0 Å². The van der Waals surface area contributed by atoms with E-state index < -0.39 is 23.1 Å². The molecule has 0 atom stereocenters. The molecule has 7 aromatic carbocycles. The Morgan fingerprint density at radius 3 is 1.39 bits per heavy atom. The number of benzene rings is 7. The zero-order chi connectivity index (χ0) is 38.2. The number of rotatable bonds is 13. The van der Waals surface area contributed by atoms with Crippen LogP contribution in [0.2, 0.25) is 0 Å². The lowest BCUT2D eigenvalue weighted by molar-refractivity contribution is -0.262. The highest BCUT2D eigenvalue weighted by Crippen LogP contribution is 2.51. The minimum absolute atomic E-state index is 0.0143. The minimum Gasteiger partial charge on any atom is -0.460 e. The van der Waals surface area contributed by atoms with Gasteiger partial charge in [0.05, 0.1) is 13.2 Å². The number of fused-ring (bicyclic) bond motifs is 2. The highest BCUT2D eigenvalue weighted by molar-refractivity contribution is 6.12. The van der Waals surface area contributed by atoms with Crippen molar-refractivity contribution >= 4 is 34.4 Å². The normalized spacial score (nSPS) is 14.0. The predicted octanol–water partition coefficient (Wildman–Crippen LogP) is 8.44. The standard InChI is InChI=1S/C50H40O6/c51-47(53-33-37-18-5-1-6-19-37)49(48(52)54-34-38-20-7-2-8-21-38)32-42-27-14-16-30-44(42)46(45-31-17-28-41-26-13-15-29-43(41)45)50(49,55-35-39-22-9-3-10-23-39)56-36-40-24-11-4-12-25-40/h1-32H,33-36H2. The van der Waals surface area contributed by atoms with E-state index in [0.29, 0.717) is 10.8 Å². The maximum absolute atomic E-state index is 15.5. The first-order chi connectivity index (χ1) is 27.6. The van der Waals surface area contributed by atoms with Crippen molar-refractivity contribution in [1.29, 1.82) is 0 Å². The summed E-state index contributed by atoms with van der Waals surface area (Å²) in [4.78, 5) is 31.0. The monoisotopic (exact) mass is 736 g/mol. The first-order valence-electron chi connectivity index (χ1n) is 18.7. The van der Waals surface area contributed by atoms with Crippen LogP contribution < -0.4 is 10.4 Å². The van der Waals surface area contributed by atoms with Crippen LogP contribution in [-0.4, -0.2) is 17.7 Å². The van der Waals surface area contributed by atoms with Crippen LogP contribution in [0.3, 0.4) is 0 Å². The minimum atomic E-state index is -2.32. The fourth-order valence-corrected chi connectivity index (χ4v) is 7.39. The average Bonchev–Trinajstić information content (AvgIpc) is 3.27. The zero-order valence-corrected chi connectivity index (χ0v) is 30.8. The number of carbonyl (C=O) groups excluding carboxylic acids is 2. The first kappa shape index (κ1) is 36.4. The van der Waals surface area contributed by atoms with Crippen molar-refractivity contribution in [2.24, 2.45) is 5.41 Å². The number of hydrogen-bond acceptors (Lipinski definition) is 6. The van der Waals surface area contributed by atoms with E-state index in [1.165, 1.54) is 0 Å². The third kappa shape index (κ3) is 7.16. The Kier molecular flexibility index (Phi) is 10.7. The second-order valence-electron chi connectivity index (χ2n) is 13.7. The summed E-state index contributed by atoms with van der Waals surface area (Å²) < 4.78 is 26.9. The van der Waals surface area contributed by atoms with Gasteiger partial charge in [0.2, 0.25) is 11.2 Å². The van der Waals surface area contributed by atoms with Crippen LogP contribution in [-0.2, 0) is 55.0 Å².